The number of halogens is 1. The van der Waals surface area contributed by atoms with Gasteiger partial charge in [0.25, 0.3) is 0 Å². The monoisotopic (exact) mass is 241 g/mol. The van der Waals surface area contributed by atoms with E-state index in [2.05, 4.69) is 17.4 Å². The van der Waals surface area contributed by atoms with Gasteiger partial charge in [-0.2, -0.15) is 0 Å². The summed E-state index contributed by atoms with van der Waals surface area (Å²) in [4.78, 5) is 0. The van der Waals surface area contributed by atoms with E-state index in [1.54, 1.807) is 0 Å². The fourth-order valence-electron chi connectivity index (χ4n) is 2.25. The van der Waals surface area contributed by atoms with Gasteiger partial charge in [-0.15, -0.1) is 12.4 Å². The van der Waals surface area contributed by atoms with E-state index in [4.69, 9.17) is 9.47 Å². The van der Waals surface area contributed by atoms with Gasteiger partial charge in [0.05, 0.1) is 0 Å². The first-order chi connectivity index (χ1) is 7.43. The van der Waals surface area contributed by atoms with Crippen LogP contribution in [0.15, 0.2) is 18.2 Å². The first-order valence-corrected chi connectivity index (χ1v) is 5.56. The lowest BCUT2D eigenvalue weighted by atomic mass is 10.0. The van der Waals surface area contributed by atoms with E-state index in [9.17, 15) is 0 Å². The number of fused-ring (bicyclic) bond motifs is 1. The average Bonchev–Trinajstić information content (AvgIpc) is 2.82. The maximum absolute atomic E-state index is 5.57. The Morgan fingerprint density at radius 1 is 1.12 bits per heavy atom. The normalized spacial score (nSPS) is 22.6. The molecule has 1 N–H and O–H groups in total. The molecule has 2 aliphatic heterocycles. The maximum Gasteiger partial charge on any atom is 0.161 e. The number of rotatable bonds is 1. The molecule has 1 saturated heterocycles. The van der Waals surface area contributed by atoms with E-state index in [1.807, 2.05) is 6.07 Å². The molecule has 0 aliphatic carbocycles. The summed E-state index contributed by atoms with van der Waals surface area (Å²) >= 11 is 0. The lowest BCUT2D eigenvalue weighted by Gasteiger charge is -2.20. The molecule has 1 atom stereocenters. The van der Waals surface area contributed by atoms with Gasteiger partial charge >= 0.3 is 0 Å². The van der Waals surface area contributed by atoms with Crippen molar-refractivity contribution in [1.82, 2.24) is 5.32 Å². The fourth-order valence-corrected chi connectivity index (χ4v) is 2.25. The molecular formula is C12H16ClNO2. The minimum atomic E-state index is 0. The molecule has 2 aliphatic rings. The van der Waals surface area contributed by atoms with Crippen molar-refractivity contribution in [3.05, 3.63) is 23.8 Å². The molecule has 0 bridgehead atoms. The van der Waals surface area contributed by atoms with Gasteiger partial charge in [-0.3, -0.25) is 0 Å². The highest BCUT2D eigenvalue weighted by Gasteiger charge is 2.19. The highest BCUT2D eigenvalue weighted by Crippen LogP contribution is 2.34. The molecule has 0 radical (unpaired) electrons. The van der Waals surface area contributed by atoms with Gasteiger partial charge in [-0.05, 0) is 37.1 Å². The highest BCUT2D eigenvalue weighted by atomic mass is 35.5. The molecule has 1 unspecified atom stereocenters. The number of benzene rings is 1. The SMILES string of the molecule is Cl.c1cc2c(cc1C1CCCN1)OCCO2. The molecule has 0 amide bonds. The third-order valence-corrected chi connectivity index (χ3v) is 3.03. The van der Waals surface area contributed by atoms with Gasteiger partial charge in [0.1, 0.15) is 13.2 Å². The molecule has 4 heteroatoms. The summed E-state index contributed by atoms with van der Waals surface area (Å²) in [5.41, 5.74) is 1.32. The summed E-state index contributed by atoms with van der Waals surface area (Å²) in [6, 6.07) is 6.76. The Bertz CT molecular complexity index is 364. The molecule has 88 valence electrons. The summed E-state index contributed by atoms with van der Waals surface area (Å²) in [5.74, 6) is 1.77. The Balaban J connectivity index is 0.000000963. The van der Waals surface area contributed by atoms with Gasteiger partial charge < -0.3 is 14.8 Å². The Kier molecular flexibility index (Phi) is 3.56. The number of nitrogens with one attached hydrogen (secondary N) is 1. The van der Waals surface area contributed by atoms with E-state index >= 15 is 0 Å². The smallest absolute Gasteiger partial charge is 0.161 e. The van der Waals surface area contributed by atoms with Gasteiger partial charge in [-0.1, -0.05) is 6.07 Å². The number of hydrogen-bond acceptors (Lipinski definition) is 3. The van der Waals surface area contributed by atoms with E-state index < -0.39 is 0 Å². The summed E-state index contributed by atoms with van der Waals surface area (Å²) in [6.07, 6.45) is 2.48. The molecule has 3 rings (SSSR count). The van der Waals surface area contributed by atoms with Crippen molar-refractivity contribution in [1.29, 1.82) is 0 Å². The second-order valence-corrected chi connectivity index (χ2v) is 4.05. The molecule has 0 spiro atoms. The molecule has 16 heavy (non-hydrogen) atoms. The van der Waals surface area contributed by atoms with Crippen LogP contribution >= 0.6 is 12.4 Å². The standard InChI is InChI=1S/C12H15NO2.ClH/c1-2-10(13-5-1)9-3-4-11-12(8-9)15-7-6-14-11;/h3-4,8,10,13H,1-2,5-7H2;1H. The predicted molar refractivity (Wildman–Crippen MR) is 64.7 cm³/mol. The van der Waals surface area contributed by atoms with Gasteiger partial charge in [0.2, 0.25) is 0 Å². The highest BCUT2D eigenvalue weighted by molar-refractivity contribution is 5.85. The summed E-state index contributed by atoms with van der Waals surface area (Å²) in [7, 11) is 0. The topological polar surface area (TPSA) is 30.5 Å². The van der Waals surface area contributed by atoms with E-state index in [0.29, 0.717) is 19.3 Å². The zero-order valence-corrected chi connectivity index (χ0v) is 9.89. The molecule has 1 aromatic rings. The molecule has 2 heterocycles. The van der Waals surface area contributed by atoms with Gasteiger partial charge in [-0.25, -0.2) is 0 Å². The van der Waals surface area contributed by atoms with Gasteiger partial charge in [0, 0.05) is 6.04 Å². The van der Waals surface area contributed by atoms with Crippen LogP contribution in [0.5, 0.6) is 11.5 Å². The molecule has 1 fully saturated rings. The minimum Gasteiger partial charge on any atom is -0.486 e. The second-order valence-electron chi connectivity index (χ2n) is 4.05. The molecule has 1 aromatic carbocycles. The summed E-state index contributed by atoms with van der Waals surface area (Å²) in [6.45, 7) is 2.45. The van der Waals surface area contributed by atoms with Gasteiger partial charge in [0.15, 0.2) is 11.5 Å². The summed E-state index contributed by atoms with van der Waals surface area (Å²) in [5, 5.41) is 3.48. The third kappa shape index (κ3) is 2.11. The quantitative estimate of drug-likeness (QED) is 0.819. The number of ether oxygens (including phenoxy) is 2. The van der Waals surface area contributed by atoms with Crippen LogP contribution in [0.4, 0.5) is 0 Å². The van der Waals surface area contributed by atoms with Crippen LogP contribution in [0.25, 0.3) is 0 Å². The Morgan fingerprint density at radius 3 is 2.69 bits per heavy atom. The average molecular weight is 242 g/mol. The zero-order chi connectivity index (χ0) is 10.1. The van der Waals surface area contributed by atoms with Crippen molar-refractivity contribution in [2.45, 2.75) is 18.9 Å². The molecular weight excluding hydrogens is 226 g/mol. The maximum atomic E-state index is 5.57. The van der Waals surface area contributed by atoms with E-state index in [-0.39, 0.29) is 12.4 Å². The van der Waals surface area contributed by atoms with E-state index in [1.165, 1.54) is 18.4 Å². The largest absolute Gasteiger partial charge is 0.486 e. The first-order valence-electron chi connectivity index (χ1n) is 5.56. The first kappa shape index (κ1) is 11.6. The van der Waals surface area contributed by atoms with Crippen molar-refractivity contribution in [2.75, 3.05) is 19.8 Å². The second kappa shape index (κ2) is 4.93. The Morgan fingerprint density at radius 2 is 1.94 bits per heavy atom. The molecule has 0 saturated carbocycles. The summed E-state index contributed by atoms with van der Waals surface area (Å²) < 4.78 is 11.1. The third-order valence-electron chi connectivity index (χ3n) is 3.03. The number of hydrogen-bond donors (Lipinski definition) is 1. The van der Waals surface area contributed by atoms with Crippen LogP contribution < -0.4 is 14.8 Å². The van der Waals surface area contributed by atoms with Crippen LogP contribution in [0.1, 0.15) is 24.4 Å². The van der Waals surface area contributed by atoms with E-state index in [0.717, 1.165) is 18.0 Å². The van der Waals surface area contributed by atoms with Crippen LogP contribution in [0.3, 0.4) is 0 Å². The molecule has 3 nitrogen and oxygen atoms in total. The molecule has 0 aromatic heterocycles. The lowest BCUT2D eigenvalue weighted by molar-refractivity contribution is 0.171. The minimum absolute atomic E-state index is 0. The van der Waals surface area contributed by atoms with Crippen LogP contribution in [0.2, 0.25) is 0 Å². The van der Waals surface area contributed by atoms with Crippen LogP contribution in [-0.2, 0) is 0 Å². The Labute approximate surface area is 102 Å². The van der Waals surface area contributed by atoms with Crippen molar-refractivity contribution in [3.8, 4) is 11.5 Å². The lowest BCUT2D eigenvalue weighted by Crippen LogP contribution is -2.17. The Hall–Kier alpha value is -0.930. The van der Waals surface area contributed by atoms with Crippen LogP contribution in [-0.4, -0.2) is 19.8 Å². The van der Waals surface area contributed by atoms with Crippen molar-refractivity contribution >= 4 is 12.4 Å². The zero-order valence-electron chi connectivity index (χ0n) is 9.07. The van der Waals surface area contributed by atoms with Crippen molar-refractivity contribution in [2.24, 2.45) is 0 Å². The predicted octanol–water partition coefficient (Wildman–Crippen LogP) is 2.30. The van der Waals surface area contributed by atoms with Crippen LogP contribution in [0, 0.1) is 0 Å². The van der Waals surface area contributed by atoms with Crippen molar-refractivity contribution < 1.29 is 9.47 Å². The fraction of sp³-hybridized carbons (Fsp3) is 0.500. The van der Waals surface area contributed by atoms with Crippen molar-refractivity contribution in [3.63, 3.8) is 0 Å².